The summed E-state index contributed by atoms with van der Waals surface area (Å²) in [5, 5.41) is 9.00. The summed E-state index contributed by atoms with van der Waals surface area (Å²) in [7, 11) is 0. The number of carbonyl (C=O) groups excluding carboxylic acids is 1. The number of ether oxygens (including phenoxy) is 1. The van der Waals surface area contributed by atoms with Crippen molar-refractivity contribution < 1.29 is 19.1 Å². The van der Waals surface area contributed by atoms with Crippen LogP contribution in [-0.4, -0.2) is 17.7 Å². The first-order valence-corrected chi connectivity index (χ1v) is 7.14. The van der Waals surface area contributed by atoms with E-state index in [4.69, 9.17) is 14.3 Å². The van der Waals surface area contributed by atoms with Crippen molar-refractivity contribution >= 4 is 5.97 Å². The molecule has 1 N–H and O–H groups in total. The molecule has 112 valence electrons. The smallest absolute Gasteiger partial charge is 0.374 e. The van der Waals surface area contributed by atoms with E-state index in [0.29, 0.717) is 6.61 Å². The highest BCUT2D eigenvalue weighted by Crippen LogP contribution is 2.08. The molecule has 20 heavy (non-hydrogen) atoms. The Morgan fingerprint density at radius 3 is 2.50 bits per heavy atom. The quantitative estimate of drug-likeness (QED) is 0.555. The number of aromatic hydroxyl groups is 1. The van der Waals surface area contributed by atoms with Crippen LogP contribution in [-0.2, 0) is 4.74 Å². The Balaban J connectivity index is 2.17. The first-order valence-electron chi connectivity index (χ1n) is 7.14. The van der Waals surface area contributed by atoms with Crippen LogP contribution in [0, 0.1) is 0 Å². The molecule has 1 aromatic heterocycles. The highest BCUT2D eigenvalue weighted by atomic mass is 16.5. The lowest BCUT2D eigenvalue weighted by molar-refractivity contribution is 0.0458. The minimum absolute atomic E-state index is 0.184. The Hall–Kier alpha value is -1.78. The summed E-state index contributed by atoms with van der Waals surface area (Å²) in [6.07, 6.45) is 8.79. The van der Waals surface area contributed by atoms with Crippen molar-refractivity contribution in [1.29, 1.82) is 0 Å². The van der Waals surface area contributed by atoms with Gasteiger partial charge in [-0.25, -0.2) is 4.79 Å². The third-order valence-corrected chi connectivity index (χ3v) is 2.99. The minimum Gasteiger partial charge on any atom is -0.502 e. The molecular weight excluding hydrogens is 260 g/mol. The van der Waals surface area contributed by atoms with Gasteiger partial charge in [0, 0.05) is 6.07 Å². The monoisotopic (exact) mass is 282 g/mol. The SMILES string of the molecule is CCCCCCCCCOC(=O)c1cc(=O)c(O)co1. The molecule has 5 nitrogen and oxygen atoms in total. The largest absolute Gasteiger partial charge is 0.502 e. The van der Waals surface area contributed by atoms with E-state index >= 15 is 0 Å². The van der Waals surface area contributed by atoms with E-state index in [1.165, 1.54) is 25.7 Å². The second-order valence-electron chi connectivity index (χ2n) is 4.75. The van der Waals surface area contributed by atoms with Crippen LogP contribution in [0.2, 0.25) is 0 Å². The average molecular weight is 282 g/mol. The van der Waals surface area contributed by atoms with Crippen LogP contribution >= 0.6 is 0 Å². The van der Waals surface area contributed by atoms with E-state index in [9.17, 15) is 9.59 Å². The second-order valence-corrected chi connectivity index (χ2v) is 4.75. The predicted molar refractivity (Wildman–Crippen MR) is 74.9 cm³/mol. The zero-order chi connectivity index (χ0) is 14.8. The Morgan fingerprint density at radius 1 is 1.20 bits per heavy atom. The first kappa shape index (κ1) is 16.3. The van der Waals surface area contributed by atoms with Gasteiger partial charge in [-0.3, -0.25) is 4.79 Å². The molecule has 1 aromatic rings. The van der Waals surface area contributed by atoms with E-state index in [1.807, 2.05) is 0 Å². The van der Waals surface area contributed by atoms with Gasteiger partial charge in [-0.15, -0.1) is 0 Å². The fourth-order valence-corrected chi connectivity index (χ4v) is 1.81. The molecule has 0 saturated heterocycles. The first-order chi connectivity index (χ1) is 9.65. The summed E-state index contributed by atoms with van der Waals surface area (Å²) in [5.41, 5.74) is -0.654. The maximum absolute atomic E-state index is 11.5. The molecule has 0 bridgehead atoms. The molecule has 0 radical (unpaired) electrons. The molecule has 0 atom stereocenters. The Morgan fingerprint density at radius 2 is 1.85 bits per heavy atom. The normalized spacial score (nSPS) is 10.4. The van der Waals surface area contributed by atoms with Crippen LogP contribution in [0.5, 0.6) is 5.75 Å². The topological polar surface area (TPSA) is 76.7 Å². The van der Waals surface area contributed by atoms with Gasteiger partial charge in [0.2, 0.25) is 11.2 Å². The van der Waals surface area contributed by atoms with Crippen molar-refractivity contribution in [1.82, 2.24) is 0 Å². The van der Waals surface area contributed by atoms with Gasteiger partial charge in [0.1, 0.15) is 6.26 Å². The maximum Gasteiger partial charge on any atom is 0.374 e. The van der Waals surface area contributed by atoms with Gasteiger partial charge in [0.25, 0.3) is 0 Å². The zero-order valence-corrected chi connectivity index (χ0v) is 11.9. The molecule has 1 heterocycles. The second kappa shape index (κ2) is 9.18. The number of esters is 1. The molecule has 1 rings (SSSR count). The summed E-state index contributed by atoms with van der Waals surface area (Å²) in [5.74, 6) is -1.38. The highest BCUT2D eigenvalue weighted by molar-refractivity contribution is 5.86. The molecule has 0 fully saturated rings. The van der Waals surface area contributed by atoms with E-state index in [0.717, 1.165) is 31.6 Å². The standard InChI is InChI=1S/C15H22O5/c1-2-3-4-5-6-7-8-9-19-15(18)14-10-12(16)13(17)11-20-14/h10-11,17H,2-9H2,1H3. The molecular formula is C15H22O5. The van der Waals surface area contributed by atoms with Crippen LogP contribution in [0.1, 0.15) is 62.4 Å². The molecule has 0 aromatic carbocycles. The van der Waals surface area contributed by atoms with Gasteiger partial charge in [-0.05, 0) is 6.42 Å². The van der Waals surface area contributed by atoms with Gasteiger partial charge in [0.05, 0.1) is 6.61 Å². The van der Waals surface area contributed by atoms with Crippen molar-refractivity contribution in [2.45, 2.75) is 51.9 Å². The van der Waals surface area contributed by atoms with Crippen molar-refractivity contribution in [3.05, 3.63) is 28.3 Å². The van der Waals surface area contributed by atoms with Gasteiger partial charge in [-0.2, -0.15) is 0 Å². The molecule has 5 heteroatoms. The number of carbonyl (C=O) groups is 1. The van der Waals surface area contributed by atoms with Crippen molar-refractivity contribution in [2.75, 3.05) is 6.61 Å². The average Bonchev–Trinajstić information content (AvgIpc) is 2.44. The number of unbranched alkanes of at least 4 members (excludes halogenated alkanes) is 6. The van der Waals surface area contributed by atoms with Crippen molar-refractivity contribution in [3.63, 3.8) is 0 Å². The van der Waals surface area contributed by atoms with E-state index in [1.54, 1.807) is 0 Å². The summed E-state index contributed by atoms with van der Waals surface area (Å²) < 4.78 is 9.80. The van der Waals surface area contributed by atoms with Gasteiger partial charge in [0.15, 0.2) is 5.75 Å². The van der Waals surface area contributed by atoms with Crippen molar-refractivity contribution in [3.8, 4) is 5.75 Å². The molecule has 0 aliphatic heterocycles. The fraction of sp³-hybridized carbons (Fsp3) is 0.600. The zero-order valence-electron chi connectivity index (χ0n) is 11.9. The Kier molecular flexibility index (Phi) is 7.47. The van der Waals surface area contributed by atoms with Crippen LogP contribution in [0.3, 0.4) is 0 Å². The van der Waals surface area contributed by atoms with Crippen LogP contribution in [0.15, 0.2) is 21.5 Å². The third kappa shape index (κ3) is 5.91. The lowest BCUT2D eigenvalue weighted by atomic mass is 10.1. The Bertz CT molecular complexity index is 464. The molecule has 0 saturated carbocycles. The minimum atomic E-state index is -0.673. The molecule has 0 unspecified atom stereocenters. The lowest BCUT2D eigenvalue weighted by Gasteiger charge is -2.04. The number of rotatable bonds is 9. The van der Waals surface area contributed by atoms with Crippen LogP contribution < -0.4 is 5.43 Å². The van der Waals surface area contributed by atoms with Gasteiger partial charge >= 0.3 is 5.97 Å². The number of hydrogen-bond donors (Lipinski definition) is 1. The van der Waals surface area contributed by atoms with Gasteiger partial charge < -0.3 is 14.3 Å². The fourth-order valence-electron chi connectivity index (χ4n) is 1.81. The highest BCUT2D eigenvalue weighted by Gasteiger charge is 2.12. The summed E-state index contributed by atoms with van der Waals surface area (Å²) >= 11 is 0. The summed E-state index contributed by atoms with van der Waals surface area (Å²) in [6.45, 7) is 2.50. The third-order valence-electron chi connectivity index (χ3n) is 2.99. The number of hydrogen-bond acceptors (Lipinski definition) is 5. The lowest BCUT2D eigenvalue weighted by Crippen LogP contribution is -2.10. The molecule has 0 aliphatic carbocycles. The molecule has 0 aliphatic rings. The van der Waals surface area contributed by atoms with Crippen LogP contribution in [0.25, 0.3) is 0 Å². The Labute approximate surface area is 118 Å². The summed E-state index contributed by atoms with van der Waals surface area (Å²) in [4.78, 5) is 22.7. The van der Waals surface area contributed by atoms with E-state index in [-0.39, 0.29) is 5.76 Å². The van der Waals surface area contributed by atoms with Gasteiger partial charge in [-0.1, -0.05) is 45.4 Å². The van der Waals surface area contributed by atoms with Crippen molar-refractivity contribution in [2.24, 2.45) is 0 Å². The molecule has 0 spiro atoms. The van der Waals surface area contributed by atoms with E-state index in [2.05, 4.69) is 6.92 Å². The predicted octanol–water partition coefficient (Wildman–Crippen LogP) is 3.25. The van der Waals surface area contributed by atoms with E-state index < -0.39 is 17.1 Å². The summed E-state index contributed by atoms with van der Waals surface area (Å²) in [6, 6.07) is 0.933. The molecule has 0 amide bonds. The maximum atomic E-state index is 11.5. The van der Waals surface area contributed by atoms with Crippen LogP contribution in [0.4, 0.5) is 0 Å².